The quantitative estimate of drug-likeness (QED) is 0.794. The van der Waals surface area contributed by atoms with Crippen LogP contribution < -0.4 is 15.4 Å². The molecule has 1 saturated heterocycles. The van der Waals surface area contributed by atoms with Gasteiger partial charge in [-0.25, -0.2) is 4.79 Å². The summed E-state index contributed by atoms with van der Waals surface area (Å²) < 4.78 is 10.1. The van der Waals surface area contributed by atoms with Crippen LogP contribution in [0.5, 0.6) is 5.75 Å². The summed E-state index contributed by atoms with van der Waals surface area (Å²) in [6.45, 7) is 1.86. The van der Waals surface area contributed by atoms with Crippen molar-refractivity contribution in [1.29, 1.82) is 0 Å². The van der Waals surface area contributed by atoms with Crippen LogP contribution in [0.25, 0.3) is 11.1 Å². The molecule has 1 heterocycles. The maximum absolute atomic E-state index is 12.6. The molecule has 0 atom stereocenters. The molecule has 0 aromatic heterocycles. The van der Waals surface area contributed by atoms with Crippen molar-refractivity contribution < 1.29 is 19.1 Å². The Hall–Kier alpha value is -2.86. The molecule has 2 aromatic rings. The number of rotatable bonds is 5. The predicted molar refractivity (Wildman–Crippen MR) is 103 cm³/mol. The van der Waals surface area contributed by atoms with Gasteiger partial charge in [0.1, 0.15) is 11.3 Å². The molecule has 1 aliphatic heterocycles. The van der Waals surface area contributed by atoms with Gasteiger partial charge in [-0.05, 0) is 61.3 Å². The lowest BCUT2D eigenvalue weighted by Crippen LogP contribution is -2.42. The number of hydrogen-bond acceptors (Lipinski definition) is 5. The number of carbonyl (C=O) groups is 2. The lowest BCUT2D eigenvalue weighted by atomic mass is 10.00. The van der Waals surface area contributed by atoms with Gasteiger partial charge in [0.25, 0.3) is 5.91 Å². The van der Waals surface area contributed by atoms with E-state index < -0.39 is 5.97 Å². The van der Waals surface area contributed by atoms with Crippen molar-refractivity contribution in [2.24, 2.45) is 0 Å². The Balaban J connectivity index is 1.82. The topological polar surface area (TPSA) is 76.7 Å². The van der Waals surface area contributed by atoms with Gasteiger partial charge in [0, 0.05) is 11.6 Å². The fraction of sp³-hybridized carbons (Fsp3) is 0.333. The summed E-state index contributed by atoms with van der Waals surface area (Å²) in [6.07, 6.45) is 1.88. The zero-order valence-electron chi connectivity index (χ0n) is 15.6. The number of carbonyl (C=O) groups excluding carboxylic acids is 2. The largest absolute Gasteiger partial charge is 0.496 e. The number of amides is 1. The van der Waals surface area contributed by atoms with Crippen molar-refractivity contribution >= 4 is 11.9 Å². The average molecular weight is 368 g/mol. The third kappa shape index (κ3) is 4.46. The van der Waals surface area contributed by atoms with Gasteiger partial charge in [0.2, 0.25) is 0 Å². The molecule has 1 amide bonds. The van der Waals surface area contributed by atoms with Gasteiger partial charge in [0.15, 0.2) is 0 Å². The molecule has 27 heavy (non-hydrogen) atoms. The maximum atomic E-state index is 12.6. The molecule has 142 valence electrons. The van der Waals surface area contributed by atoms with Crippen molar-refractivity contribution in [3.63, 3.8) is 0 Å². The molecule has 1 fully saturated rings. The second-order valence-electron chi connectivity index (χ2n) is 6.49. The van der Waals surface area contributed by atoms with E-state index in [0.29, 0.717) is 16.9 Å². The molecule has 0 aliphatic carbocycles. The van der Waals surface area contributed by atoms with E-state index in [1.54, 1.807) is 18.2 Å². The summed E-state index contributed by atoms with van der Waals surface area (Å²) in [5.41, 5.74) is 2.71. The van der Waals surface area contributed by atoms with E-state index in [2.05, 4.69) is 10.6 Å². The number of nitrogens with one attached hydrogen (secondary N) is 2. The number of ether oxygens (including phenoxy) is 2. The molecule has 0 spiro atoms. The zero-order valence-corrected chi connectivity index (χ0v) is 15.6. The Kier molecular flexibility index (Phi) is 6.08. The van der Waals surface area contributed by atoms with Crippen LogP contribution in [-0.4, -0.2) is 45.2 Å². The van der Waals surface area contributed by atoms with E-state index in [1.165, 1.54) is 14.2 Å². The highest BCUT2D eigenvalue weighted by atomic mass is 16.5. The summed E-state index contributed by atoms with van der Waals surface area (Å²) >= 11 is 0. The van der Waals surface area contributed by atoms with E-state index in [9.17, 15) is 9.59 Å². The fourth-order valence-electron chi connectivity index (χ4n) is 3.22. The highest BCUT2D eigenvalue weighted by Crippen LogP contribution is 2.28. The first kappa shape index (κ1) is 18.9. The number of hydrogen-bond donors (Lipinski definition) is 2. The van der Waals surface area contributed by atoms with Crippen LogP contribution in [-0.2, 0) is 4.74 Å². The van der Waals surface area contributed by atoms with Crippen LogP contribution >= 0.6 is 0 Å². The first-order valence-corrected chi connectivity index (χ1v) is 9.00. The van der Waals surface area contributed by atoms with E-state index in [-0.39, 0.29) is 11.9 Å². The van der Waals surface area contributed by atoms with Crippen LogP contribution in [0.3, 0.4) is 0 Å². The highest BCUT2D eigenvalue weighted by molar-refractivity contribution is 5.96. The van der Waals surface area contributed by atoms with Gasteiger partial charge in [-0.1, -0.05) is 18.2 Å². The number of benzene rings is 2. The van der Waals surface area contributed by atoms with E-state index in [4.69, 9.17) is 9.47 Å². The fourth-order valence-corrected chi connectivity index (χ4v) is 3.22. The van der Waals surface area contributed by atoms with E-state index in [1.807, 2.05) is 24.3 Å². The molecule has 6 heteroatoms. The third-order valence-corrected chi connectivity index (χ3v) is 4.74. The highest BCUT2D eigenvalue weighted by Gasteiger charge is 2.17. The first-order valence-electron chi connectivity index (χ1n) is 9.00. The average Bonchev–Trinajstić information content (AvgIpc) is 2.73. The molecular weight excluding hydrogens is 344 g/mol. The maximum Gasteiger partial charge on any atom is 0.341 e. The molecule has 0 radical (unpaired) electrons. The molecule has 6 nitrogen and oxygen atoms in total. The molecule has 3 rings (SSSR count). The van der Waals surface area contributed by atoms with Crippen LogP contribution in [0.15, 0.2) is 42.5 Å². The summed E-state index contributed by atoms with van der Waals surface area (Å²) in [4.78, 5) is 24.4. The third-order valence-electron chi connectivity index (χ3n) is 4.74. The number of piperidine rings is 1. The van der Waals surface area contributed by atoms with Crippen LogP contribution in [0.2, 0.25) is 0 Å². The van der Waals surface area contributed by atoms with Gasteiger partial charge < -0.3 is 20.1 Å². The smallest absolute Gasteiger partial charge is 0.341 e. The van der Waals surface area contributed by atoms with Gasteiger partial charge in [0.05, 0.1) is 14.2 Å². The van der Waals surface area contributed by atoms with Gasteiger partial charge in [-0.15, -0.1) is 0 Å². The second kappa shape index (κ2) is 8.68. The minimum absolute atomic E-state index is 0.0677. The van der Waals surface area contributed by atoms with Gasteiger partial charge in [-0.2, -0.15) is 0 Å². The molecule has 0 unspecified atom stereocenters. The molecule has 2 aromatic carbocycles. The lowest BCUT2D eigenvalue weighted by molar-refractivity contribution is 0.0597. The summed E-state index contributed by atoms with van der Waals surface area (Å²) in [7, 11) is 2.84. The summed E-state index contributed by atoms with van der Waals surface area (Å²) in [6, 6.07) is 12.9. The van der Waals surface area contributed by atoms with Crippen molar-refractivity contribution in [3.8, 4) is 16.9 Å². The van der Waals surface area contributed by atoms with Crippen LogP contribution in [0.4, 0.5) is 0 Å². The van der Waals surface area contributed by atoms with Gasteiger partial charge in [-0.3, -0.25) is 4.79 Å². The minimum atomic E-state index is -0.450. The summed E-state index contributed by atoms with van der Waals surface area (Å²) in [5, 5.41) is 6.39. The Morgan fingerprint density at radius 3 is 2.48 bits per heavy atom. The van der Waals surface area contributed by atoms with E-state index in [0.717, 1.165) is 37.1 Å². The van der Waals surface area contributed by atoms with E-state index >= 15 is 0 Å². The molecule has 0 saturated carbocycles. The van der Waals surface area contributed by atoms with Crippen molar-refractivity contribution in [2.45, 2.75) is 18.9 Å². The number of esters is 1. The van der Waals surface area contributed by atoms with Gasteiger partial charge >= 0.3 is 5.97 Å². The standard InChI is InChI=1S/C21H24N2O4/c1-26-19-13-15(6-7-18(19)21(25)27-2)14-4-3-5-16(12-14)20(24)23-17-8-10-22-11-9-17/h3-7,12-13,17,22H,8-11H2,1-2H3,(H,23,24). The molecule has 0 bridgehead atoms. The summed E-state index contributed by atoms with van der Waals surface area (Å²) in [5.74, 6) is -0.0840. The van der Waals surface area contributed by atoms with Crippen LogP contribution in [0, 0.1) is 0 Å². The second-order valence-corrected chi connectivity index (χ2v) is 6.49. The number of methoxy groups -OCH3 is 2. The Morgan fingerprint density at radius 2 is 1.78 bits per heavy atom. The first-order chi connectivity index (χ1) is 13.1. The predicted octanol–water partition coefficient (Wildman–Crippen LogP) is 2.63. The van der Waals surface area contributed by atoms with Crippen molar-refractivity contribution in [1.82, 2.24) is 10.6 Å². The van der Waals surface area contributed by atoms with Crippen molar-refractivity contribution in [2.75, 3.05) is 27.3 Å². The molecular formula is C21H24N2O4. The Labute approximate surface area is 158 Å². The SMILES string of the molecule is COC(=O)c1ccc(-c2cccc(C(=O)NC3CCNCC3)c2)cc1OC. The Morgan fingerprint density at radius 1 is 1.04 bits per heavy atom. The Bertz CT molecular complexity index is 829. The van der Waals surface area contributed by atoms with Crippen molar-refractivity contribution in [3.05, 3.63) is 53.6 Å². The zero-order chi connectivity index (χ0) is 19.2. The minimum Gasteiger partial charge on any atom is -0.496 e. The van der Waals surface area contributed by atoms with Crippen LogP contribution in [0.1, 0.15) is 33.6 Å². The monoisotopic (exact) mass is 368 g/mol. The normalized spacial score (nSPS) is 14.4. The molecule has 2 N–H and O–H groups in total. The molecule has 1 aliphatic rings. The lowest BCUT2D eigenvalue weighted by Gasteiger charge is -2.23.